The van der Waals surface area contributed by atoms with E-state index in [0.29, 0.717) is 11.5 Å². The smallest absolute Gasteiger partial charge is 0.218 e. The standard InChI is InChI=1S/C10H12FIN2/c11-10-9(7(12)3-4-14-10)8(13)5-6-1-2-6/h3-4,6,8H,1-2,5,13H2. The van der Waals surface area contributed by atoms with Crippen LogP contribution in [0, 0.1) is 15.4 Å². The van der Waals surface area contributed by atoms with Crippen molar-refractivity contribution in [3.8, 4) is 0 Å². The lowest BCUT2D eigenvalue weighted by atomic mass is 10.0. The first-order valence-electron chi connectivity index (χ1n) is 4.74. The third kappa shape index (κ3) is 2.23. The van der Waals surface area contributed by atoms with Crippen molar-refractivity contribution >= 4 is 22.6 Å². The molecule has 1 heterocycles. The Kier molecular flexibility index (Phi) is 3.02. The molecule has 0 amide bonds. The average Bonchev–Trinajstić information content (AvgIpc) is 2.87. The third-order valence-electron chi connectivity index (χ3n) is 2.54. The zero-order valence-electron chi connectivity index (χ0n) is 7.71. The van der Waals surface area contributed by atoms with Gasteiger partial charge in [-0.15, -0.1) is 0 Å². The first-order chi connectivity index (χ1) is 6.68. The largest absolute Gasteiger partial charge is 0.324 e. The molecule has 2 rings (SSSR count). The molecule has 14 heavy (non-hydrogen) atoms. The summed E-state index contributed by atoms with van der Waals surface area (Å²) in [4.78, 5) is 3.64. The highest BCUT2D eigenvalue weighted by molar-refractivity contribution is 14.1. The summed E-state index contributed by atoms with van der Waals surface area (Å²) < 4.78 is 14.3. The van der Waals surface area contributed by atoms with Gasteiger partial charge < -0.3 is 5.73 Å². The molecular weight excluding hydrogens is 294 g/mol. The Bertz CT molecular complexity index is 319. The number of nitrogens with two attached hydrogens (primary N) is 1. The van der Waals surface area contributed by atoms with Gasteiger partial charge in [0.15, 0.2) is 0 Å². The molecule has 76 valence electrons. The highest BCUT2D eigenvalue weighted by Gasteiger charge is 2.26. The second-order valence-electron chi connectivity index (χ2n) is 3.78. The summed E-state index contributed by atoms with van der Waals surface area (Å²) in [7, 11) is 0. The molecule has 0 aliphatic heterocycles. The van der Waals surface area contributed by atoms with E-state index in [1.165, 1.54) is 19.0 Å². The zero-order chi connectivity index (χ0) is 10.1. The van der Waals surface area contributed by atoms with Crippen molar-refractivity contribution < 1.29 is 4.39 Å². The summed E-state index contributed by atoms with van der Waals surface area (Å²) in [6.07, 6.45) is 4.85. The van der Waals surface area contributed by atoms with Gasteiger partial charge in [-0.3, -0.25) is 0 Å². The van der Waals surface area contributed by atoms with Gasteiger partial charge in [-0.1, -0.05) is 12.8 Å². The third-order valence-corrected chi connectivity index (χ3v) is 3.48. The average molecular weight is 306 g/mol. The molecule has 0 radical (unpaired) electrons. The van der Waals surface area contributed by atoms with Crippen LogP contribution in [0.5, 0.6) is 0 Å². The SMILES string of the molecule is NC(CC1CC1)c1c(I)ccnc1F. The van der Waals surface area contributed by atoms with E-state index in [1.54, 1.807) is 6.07 Å². The molecule has 2 nitrogen and oxygen atoms in total. The fourth-order valence-corrected chi connectivity index (χ4v) is 2.37. The number of hydrogen-bond acceptors (Lipinski definition) is 2. The predicted molar refractivity (Wildman–Crippen MR) is 61.2 cm³/mol. The Hall–Kier alpha value is -0.230. The van der Waals surface area contributed by atoms with Gasteiger partial charge in [-0.2, -0.15) is 4.39 Å². The molecule has 0 saturated heterocycles. The molecule has 0 spiro atoms. The molecule has 1 fully saturated rings. The topological polar surface area (TPSA) is 38.9 Å². The minimum atomic E-state index is -0.412. The van der Waals surface area contributed by atoms with Gasteiger partial charge in [0.2, 0.25) is 5.95 Å². The van der Waals surface area contributed by atoms with Crippen LogP contribution in [-0.2, 0) is 0 Å². The van der Waals surface area contributed by atoms with Crippen LogP contribution in [0.3, 0.4) is 0 Å². The second kappa shape index (κ2) is 4.10. The molecule has 1 aliphatic rings. The molecule has 4 heteroatoms. The van der Waals surface area contributed by atoms with Crippen LogP contribution >= 0.6 is 22.6 Å². The number of pyridine rings is 1. The lowest BCUT2D eigenvalue weighted by molar-refractivity contribution is 0.516. The van der Waals surface area contributed by atoms with E-state index in [-0.39, 0.29) is 6.04 Å². The van der Waals surface area contributed by atoms with Crippen molar-refractivity contribution in [2.45, 2.75) is 25.3 Å². The maximum absolute atomic E-state index is 13.4. The lowest BCUT2D eigenvalue weighted by Gasteiger charge is -2.13. The fourth-order valence-electron chi connectivity index (χ4n) is 1.59. The van der Waals surface area contributed by atoms with Gasteiger partial charge in [0.05, 0.1) is 0 Å². The van der Waals surface area contributed by atoms with E-state index in [4.69, 9.17) is 5.73 Å². The van der Waals surface area contributed by atoms with Crippen molar-refractivity contribution in [2.75, 3.05) is 0 Å². The fraction of sp³-hybridized carbons (Fsp3) is 0.500. The van der Waals surface area contributed by atoms with Gasteiger partial charge in [0.25, 0.3) is 0 Å². The molecule has 0 bridgehead atoms. The highest BCUT2D eigenvalue weighted by Crippen LogP contribution is 2.37. The number of nitrogens with zero attached hydrogens (tertiary/aromatic N) is 1. The van der Waals surface area contributed by atoms with Crippen LogP contribution in [0.1, 0.15) is 30.9 Å². The molecule has 1 aliphatic carbocycles. The highest BCUT2D eigenvalue weighted by atomic mass is 127. The molecule has 1 unspecified atom stereocenters. The van der Waals surface area contributed by atoms with Crippen LogP contribution < -0.4 is 5.73 Å². The first-order valence-corrected chi connectivity index (χ1v) is 5.82. The minimum absolute atomic E-state index is 0.192. The van der Waals surface area contributed by atoms with Crippen LogP contribution in [-0.4, -0.2) is 4.98 Å². The molecule has 0 aromatic carbocycles. The first kappa shape index (κ1) is 10.3. The summed E-state index contributed by atoms with van der Waals surface area (Å²) in [5.74, 6) is 0.297. The quantitative estimate of drug-likeness (QED) is 0.689. The van der Waals surface area contributed by atoms with Gasteiger partial charge in [-0.05, 0) is 41.0 Å². The second-order valence-corrected chi connectivity index (χ2v) is 4.95. The van der Waals surface area contributed by atoms with Crippen LogP contribution in [0.15, 0.2) is 12.3 Å². The molecule has 1 saturated carbocycles. The summed E-state index contributed by atoms with van der Waals surface area (Å²) in [6, 6.07) is 1.61. The van der Waals surface area contributed by atoms with Crippen molar-refractivity contribution in [2.24, 2.45) is 11.7 Å². The molecule has 1 aromatic rings. The van der Waals surface area contributed by atoms with Crippen LogP contribution in [0.2, 0.25) is 0 Å². The van der Waals surface area contributed by atoms with Crippen LogP contribution in [0.4, 0.5) is 4.39 Å². The van der Waals surface area contributed by atoms with Crippen LogP contribution in [0.25, 0.3) is 0 Å². The van der Waals surface area contributed by atoms with Crippen molar-refractivity contribution in [1.82, 2.24) is 4.98 Å². The molecular formula is C10H12FIN2. The maximum atomic E-state index is 13.4. The normalized spacial score (nSPS) is 18.2. The molecule has 1 atom stereocenters. The Morgan fingerprint density at radius 2 is 2.36 bits per heavy atom. The zero-order valence-corrected chi connectivity index (χ0v) is 9.87. The molecule has 1 aromatic heterocycles. The van der Waals surface area contributed by atoms with E-state index in [2.05, 4.69) is 27.6 Å². The Morgan fingerprint density at radius 3 is 2.93 bits per heavy atom. The maximum Gasteiger partial charge on any atom is 0.218 e. The van der Waals surface area contributed by atoms with Gasteiger partial charge in [0.1, 0.15) is 0 Å². The summed E-state index contributed by atoms with van der Waals surface area (Å²) in [5, 5.41) is 0. The van der Waals surface area contributed by atoms with E-state index >= 15 is 0 Å². The number of aromatic nitrogens is 1. The van der Waals surface area contributed by atoms with Crippen molar-refractivity contribution in [3.63, 3.8) is 0 Å². The van der Waals surface area contributed by atoms with E-state index < -0.39 is 5.95 Å². The van der Waals surface area contributed by atoms with E-state index in [0.717, 1.165) is 9.99 Å². The van der Waals surface area contributed by atoms with Crippen molar-refractivity contribution in [3.05, 3.63) is 27.3 Å². The van der Waals surface area contributed by atoms with Gasteiger partial charge in [0, 0.05) is 21.4 Å². The van der Waals surface area contributed by atoms with Gasteiger partial charge >= 0.3 is 0 Å². The number of halogens is 2. The van der Waals surface area contributed by atoms with E-state index in [1.807, 2.05) is 0 Å². The Labute approximate surface area is 96.2 Å². The number of hydrogen-bond donors (Lipinski definition) is 1. The van der Waals surface area contributed by atoms with Crippen molar-refractivity contribution in [1.29, 1.82) is 0 Å². The van der Waals surface area contributed by atoms with E-state index in [9.17, 15) is 4.39 Å². The molecule has 2 N–H and O–H groups in total. The predicted octanol–water partition coefficient (Wildman–Crippen LogP) is 2.63. The lowest BCUT2D eigenvalue weighted by Crippen LogP contribution is -2.15. The Morgan fingerprint density at radius 1 is 1.64 bits per heavy atom. The van der Waals surface area contributed by atoms with Gasteiger partial charge in [-0.25, -0.2) is 4.98 Å². The summed E-state index contributed by atoms with van der Waals surface area (Å²) in [5.41, 5.74) is 6.54. The summed E-state index contributed by atoms with van der Waals surface area (Å²) in [6.45, 7) is 0. The summed E-state index contributed by atoms with van der Waals surface area (Å²) >= 11 is 2.11. The number of rotatable bonds is 3. The minimum Gasteiger partial charge on any atom is -0.324 e. The Balaban J connectivity index is 2.19. The monoisotopic (exact) mass is 306 g/mol.